The first-order chi connectivity index (χ1) is 13.2. The maximum Gasteiger partial charge on any atom is 0.119 e. The molecule has 0 unspecified atom stereocenters. The van der Waals surface area contributed by atoms with Crippen molar-refractivity contribution in [3.05, 3.63) is 29.3 Å². The van der Waals surface area contributed by atoms with Crippen LogP contribution >= 0.6 is 0 Å². The van der Waals surface area contributed by atoms with Gasteiger partial charge in [-0.15, -0.1) is 0 Å². The van der Waals surface area contributed by atoms with Gasteiger partial charge in [-0.1, -0.05) is 58.9 Å². The van der Waals surface area contributed by atoms with Crippen molar-refractivity contribution in [2.24, 2.45) is 11.8 Å². The van der Waals surface area contributed by atoms with Crippen LogP contribution in [0, 0.1) is 11.8 Å². The van der Waals surface area contributed by atoms with Gasteiger partial charge in [0.25, 0.3) is 0 Å². The highest BCUT2D eigenvalue weighted by molar-refractivity contribution is 5.40. The molecule has 1 nitrogen and oxygen atoms in total. The number of ether oxygens (including phenoxy) is 1. The normalized spacial score (nSPS) is 28.9. The van der Waals surface area contributed by atoms with E-state index in [1.807, 2.05) is 0 Å². The first kappa shape index (κ1) is 20.7. The van der Waals surface area contributed by atoms with Crippen LogP contribution in [0.3, 0.4) is 0 Å². The Bertz CT molecular complexity index is 547. The van der Waals surface area contributed by atoms with E-state index in [9.17, 15) is 0 Å². The summed E-state index contributed by atoms with van der Waals surface area (Å²) < 4.78 is 6.02. The minimum Gasteiger partial charge on any atom is -0.494 e. The van der Waals surface area contributed by atoms with Gasteiger partial charge in [0.15, 0.2) is 0 Å². The fraction of sp³-hybridized carbons (Fsp3) is 0.769. The first-order valence-electron chi connectivity index (χ1n) is 12.0. The summed E-state index contributed by atoms with van der Waals surface area (Å²) in [4.78, 5) is 0. The SMILES string of the molecule is CCCCC1CCC(c2cc(OCCC)ccc2C2CCC(C)CC2)CC1. The summed E-state index contributed by atoms with van der Waals surface area (Å²) in [7, 11) is 0. The third-order valence-corrected chi connectivity index (χ3v) is 7.24. The summed E-state index contributed by atoms with van der Waals surface area (Å²) in [5.74, 6) is 4.56. The Hall–Kier alpha value is -0.980. The Labute approximate surface area is 168 Å². The van der Waals surface area contributed by atoms with E-state index in [2.05, 4.69) is 39.0 Å². The number of hydrogen-bond donors (Lipinski definition) is 0. The van der Waals surface area contributed by atoms with E-state index in [0.717, 1.165) is 42.4 Å². The van der Waals surface area contributed by atoms with Crippen molar-refractivity contribution >= 4 is 0 Å². The fourth-order valence-corrected chi connectivity index (χ4v) is 5.41. The highest BCUT2D eigenvalue weighted by atomic mass is 16.5. The summed E-state index contributed by atoms with van der Waals surface area (Å²) in [6.07, 6.45) is 16.5. The summed E-state index contributed by atoms with van der Waals surface area (Å²) in [5, 5.41) is 0. The smallest absolute Gasteiger partial charge is 0.119 e. The molecule has 27 heavy (non-hydrogen) atoms. The Morgan fingerprint density at radius 2 is 1.48 bits per heavy atom. The van der Waals surface area contributed by atoms with Crippen LogP contribution in [0.25, 0.3) is 0 Å². The molecule has 1 aromatic carbocycles. The number of unbranched alkanes of at least 4 members (excludes halogenated alkanes) is 1. The summed E-state index contributed by atoms with van der Waals surface area (Å²) in [5.41, 5.74) is 3.32. The Morgan fingerprint density at radius 3 is 2.15 bits per heavy atom. The van der Waals surface area contributed by atoms with E-state index in [1.165, 1.54) is 70.6 Å². The molecule has 0 spiro atoms. The fourth-order valence-electron chi connectivity index (χ4n) is 5.41. The Morgan fingerprint density at radius 1 is 0.815 bits per heavy atom. The second-order valence-electron chi connectivity index (χ2n) is 9.46. The van der Waals surface area contributed by atoms with Gasteiger partial charge < -0.3 is 4.74 Å². The molecular formula is C26H42O. The van der Waals surface area contributed by atoms with Gasteiger partial charge in [-0.3, -0.25) is 0 Å². The van der Waals surface area contributed by atoms with Crippen LogP contribution in [-0.2, 0) is 0 Å². The number of benzene rings is 1. The van der Waals surface area contributed by atoms with Crippen molar-refractivity contribution in [3.63, 3.8) is 0 Å². The van der Waals surface area contributed by atoms with E-state index in [1.54, 1.807) is 11.1 Å². The molecule has 3 rings (SSSR count). The molecule has 2 aliphatic rings. The summed E-state index contributed by atoms with van der Waals surface area (Å²) in [6.45, 7) is 7.78. The third-order valence-electron chi connectivity index (χ3n) is 7.24. The van der Waals surface area contributed by atoms with E-state index in [-0.39, 0.29) is 0 Å². The maximum atomic E-state index is 6.02. The zero-order valence-electron chi connectivity index (χ0n) is 18.1. The van der Waals surface area contributed by atoms with Crippen LogP contribution in [0.1, 0.15) is 121 Å². The minimum absolute atomic E-state index is 0.766. The van der Waals surface area contributed by atoms with Crippen LogP contribution in [0.15, 0.2) is 18.2 Å². The predicted octanol–water partition coefficient (Wildman–Crippen LogP) is 8.23. The number of rotatable bonds is 8. The summed E-state index contributed by atoms with van der Waals surface area (Å²) in [6, 6.07) is 7.11. The predicted molar refractivity (Wildman–Crippen MR) is 117 cm³/mol. The van der Waals surface area contributed by atoms with Crippen LogP contribution in [0.5, 0.6) is 5.75 Å². The largest absolute Gasteiger partial charge is 0.494 e. The lowest BCUT2D eigenvalue weighted by Gasteiger charge is -2.33. The monoisotopic (exact) mass is 370 g/mol. The molecule has 2 fully saturated rings. The van der Waals surface area contributed by atoms with E-state index < -0.39 is 0 Å². The molecule has 0 atom stereocenters. The van der Waals surface area contributed by atoms with E-state index >= 15 is 0 Å². The molecule has 0 amide bonds. The molecule has 0 bridgehead atoms. The van der Waals surface area contributed by atoms with Crippen molar-refractivity contribution in [1.29, 1.82) is 0 Å². The van der Waals surface area contributed by atoms with Crippen molar-refractivity contribution in [3.8, 4) is 5.75 Å². The highest BCUT2D eigenvalue weighted by Crippen LogP contribution is 2.44. The van der Waals surface area contributed by atoms with E-state index in [4.69, 9.17) is 4.74 Å². The van der Waals surface area contributed by atoms with Gasteiger partial charge in [-0.05, 0) is 91.9 Å². The molecule has 2 saturated carbocycles. The van der Waals surface area contributed by atoms with Crippen LogP contribution in [0.2, 0.25) is 0 Å². The first-order valence-corrected chi connectivity index (χ1v) is 12.0. The van der Waals surface area contributed by atoms with Crippen LogP contribution in [0.4, 0.5) is 0 Å². The lowest BCUT2D eigenvalue weighted by atomic mass is 9.72. The van der Waals surface area contributed by atoms with Gasteiger partial charge in [-0.25, -0.2) is 0 Å². The van der Waals surface area contributed by atoms with E-state index in [0.29, 0.717) is 0 Å². The van der Waals surface area contributed by atoms with Gasteiger partial charge in [-0.2, -0.15) is 0 Å². The van der Waals surface area contributed by atoms with Gasteiger partial charge in [0.2, 0.25) is 0 Å². The molecule has 0 heterocycles. The molecule has 0 radical (unpaired) electrons. The zero-order valence-corrected chi connectivity index (χ0v) is 18.1. The molecule has 2 aliphatic carbocycles. The van der Waals surface area contributed by atoms with Gasteiger partial charge in [0.05, 0.1) is 6.61 Å². The van der Waals surface area contributed by atoms with Gasteiger partial charge in [0, 0.05) is 0 Å². The molecule has 1 heteroatoms. The van der Waals surface area contributed by atoms with Crippen molar-refractivity contribution in [1.82, 2.24) is 0 Å². The Kier molecular flexibility index (Phi) is 8.09. The Balaban J connectivity index is 1.74. The quantitative estimate of drug-likeness (QED) is 0.447. The third kappa shape index (κ3) is 5.75. The van der Waals surface area contributed by atoms with Crippen molar-refractivity contribution < 1.29 is 4.74 Å². The molecule has 152 valence electrons. The minimum atomic E-state index is 0.766. The molecular weight excluding hydrogens is 328 g/mol. The van der Waals surface area contributed by atoms with Crippen molar-refractivity contribution in [2.45, 2.75) is 110 Å². The average molecular weight is 371 g/mol. The molecule has 0 saturated heterocycles. The standard InChI is InChI=1S/C26H42O/c1-4-6-7-21-10-14-23(15-11-21)26-19-24(27-18-5-2)16-17-25(26)22-12-8-20(3)9-13-22/h16-17,19-23H,4-15,18H2,1-3H3. The molecule has 0 aromatic heterocycles. The van der Waals surface area contributed by atoms with Gasteiger partial charge in [0.1, 0.15) is 5.75 Å². The lowest BCUT2D eigenvalue weighted by molar-refractivity contribution is 0.296. The topological polar surface area (TPSA) is 9.23 Å². The van der Waals surface area contributed by atoms with Gasteiger partial charge >= 0.3 is 0 Å². The summed E-state index contributed by atoms with van der Waals surface area (Å²) >= 11 is 0. The lowest BCUT2D eigenvalue weighted by Crippen LogP contribution is -2.17. The van der Waals surface area contributed by atoms with Crippen LogP contribution < -0.4 is 4.74 Å². The van der Waals surface area contributed by atoms with Crippen molar-refractivity contribution in [2.75, 3.05) is 6.61 Å². The molecule has 1 aromatic rings. The molecule has 0 N–H and O–H groups in total. The van der Waals surface area contributed by atoms with Crippen LogP contribution in [-0.4, -0.2) is 6.61 Å². The second kappa shape index (κ2) is 10.5. The molecule has 0 aliphatic heterocycles. The second-order valence-corrected chi connectivity index (χ2v) is 9.46. The average Bonchev–Trinajstić information content (AvgIpc) is 2.71. The highest BCUT2D eigenvalue weighted by Gasteiger charge is 2.28. The number of hydrogen-bond acceptors (Lipinski definition) is 1. The maximum absolute atomic E-state index is 6.02. The zero-order chi connectivity index (χ0) is 19.1.